The number of para-hydroxylation sites is 1. The number of fused-ring (bicyclic) bond motifs is 4. The molecule has 3 aromatic carbocycles. The molecule has 4 amide bonds. The van der Waals surface area contributed by atoms with Gasteiger partial charge in [-0.15, -0.1) is 0 Å². The number of carbonyl (C=O) groups excluding carboxylic acids is 4. The van der Waals surface area contributed by atoms with Crippen LogP contribution in [0.3, 0.4) is 0 Å². The van der Waals surface area contributed by atoms with Crippen molar-refractivity contribution in [3.63, 3.8) is 0 Å². The summed E-state index contributed by atoms with van der Waals surface area (Å²) < 4.78 is 0. The molecule has 7 heteroatoms. The molecule has 0 unspecified atom stereocenters. The highest BCUT2D eigenvalue weighted by atomic mass is 16.3. The zero-order valence-electron chi connectivity index (χ0n) is 24.5. The summed E-state index contributed by atoms with van der Waals surface area (Å²) in [6.07, 6.45) is 3.61. The monoisotopic (exact) mass is 574 g/mol. The highest BCUT2D eigenvalue weighted by molar-refractivity contribution is 6.25. The molecule has 6 atom stereocenters. The van der Waals surface area contributed by atoms with Crippen LogP contribution in [0.1, 0.15) is 49.3 Å². The highest BCUT2D eigenvalue weighted by Crippen LogP contribution is 2.63. The first-order valence-electron chi connectivity index (χ1n) is 15.1. The molecule has 3 aromatic rings. The minimum Gasteiger partial charge on any atom is -0.508 e. The third kappa shape index (κ3) is 3.80. The lowest BCUT2D eigenvalue weighted by Gasteiger charge is -2.49. The maximum atomic E-state index is 14.4. The van der Waals surface area contributed by atoms with Crippen molar-refractivity contribution in [2.24, 2.45) is 29.1 Å². The summed E-state index contributed by atoms with van der Waals surface area (Å²) in [5.74, 6) is -3.52. The second-order valence-corrected chi connectivity index (χ2v) is 12.6. The molecule has 4 aliphatic rings. The normalized spacial score (nSPS) is 29.8. The van der Waals surface area contributed by atoms with Crippen LogP contribution >= 0.6 is 0 Å². The second-order valence-electron chi connectivity index (χ2n) is 12.6. The van der Waals surface area contributed by atoms with Crippen molar-refractivity contribution in [2.75, 3.05) is 9.80 Å². The Morgan fingerprint density at radius 1 is 0.837 bits per heavy atom. The average Bonchev–Trinajstić information content (AvgIpc) is 3.38. The van der Waals surface area contributed by atoms with Crippen LogP contribution in [0.15, 0.2) is 84.4 Å². The Hall–Kier alpha value is -4.52. The van der Waals surface area contributed by atoms with E-state index in [0.29, 0.717) is 29.8 Å². The number of imide groups is 2. The number of nitrogens with zero attached hydrogens (tertiary/aromatic N) is 2. The fourth-order valence-corrected chi connectivity index (χ4v) is 8.21. The van der Waals surface area contributed by atoms with Gasteiger partial charge < -0.3 is 5.11 Å². The van der Waals surface area contributed by atoms with Gasteiger partial charge in [-0.05, 0) is 86.1 Å². The fourth-order valence-electron chi connectivity index (χ4n) is 8.21. The molecule has 43 heavy (non-hydrogen) atoms. The number of allylic oxidation sites excluding steroid dienone is 2. The molecule has 1 saturated carbocycles. The number of phenols is 1. The molecule has 0 aromatic heterocycles. The Balaban J connectivity index is 1.35. The van der Waals surface area contributed by atoms with Gasteiger partial charge in [0.05, 0.1) is 34.5 Å². The van der Waals surface area contributed by atoms with Gasteiger partial charge in [0.15, 0.2) is 0 Å². The topological polar surface area (TPSA) is 95.0 Å². The number of aryl methyl sites for hydroxylation is 2. The van der Waals surface area contributed by atoms with Crippen molar-refractivity contribution in [1.29, 1.82) is 0 Å². The van der Waals surface area contributed by atoms with Gasteiger partial charge in [-0.25, -0.2) is 4.90 Å². The van der Waals surface area contributed by atoms with E-state index < -0.39 is 29.1 Å². The van der Waals surface area contributed by atoms with Crippen molar-refractivity contribution in [2.45, 2.75) is 46.0 Å². The first kappa shape index (κ1) is 27.3. The van der Waals surface area contributed by atoms with Crippen molar-refractivity contribution in [3.8, 4) is 5.75 Å². The average molecular weight is 575 g/mol. The van der Waals surface area contributed by atoms with Crippen LogP contribution < -0.4 is 9.80 Å². The van der Waals surface area contributed by atoms with E-state index in [1.807, 2.05) is 56.3 Å². The summed E-state index contributed by atoms with van der Waals surface area (Å²) in [6, 6.07) is 21.8. The number of rotatable bonds is 4. The molecule has 1 N–H and O–H groups in total. The first-order valence-corrected chi connectivity index (χ1v) is 15.1. The molecule has 0 bridgehead atoms. The molecule has 0 radical (unpaired) electrons. The molecule has 2 heterocycles. The van der Waals surface area contributed by atoms with Crippen LogP contribution in [0.2, 0.25) is 0 Å². The SMILES string of the molecule is CCc1ccc(N2C(=O)[C@H]3[C@H](CC=C4[C@H]3C[C@H]3C(=O)N(c5ccccc5)C(=O)[C@@]3(C)[C@H]4c3ccc(O)c(C)c3)C2=O)cc1. The lowest BCUT2D eigenvalue weighted by molar-refractivity contribution is -0.131. The van der Waals surface area contributed by atoms with Gasteiger partial charge in [0.25, 0.3) is 0 Å². The predicted octanol–water partition coefficient (Wildman–Crippen LogP) is 5.70. The minimum atomic E-state index is -1.10. The summed E-state index contributed by atoms with van der Waals surface area (Å²) >= 11 is 0. The van der Waals surface area contributed by atoms with E-state index >= 15 is 0 Å². The van der Waals surface area contributed by atoms with Crippen molar-refractivity contribution >= 4 is 35.0 Å². The van der Waals surface area contributed by atoms with E-state index in [4.69, 9.17) is 0 Å². The fraction of sp³-hybridized carbons (Fsp3) is 0.333. The maximum absolute atomic E-state index is 14.4. The number of carbonyl (C=O) groups is 4. The van der Waals surface area contributed by atoms with E-state index in [0.717, 1.165) is 23.1 Å². The van der Waals surface area contributed by atoms with Crippen molar-refractivity contribution < 1.29 is 24.3 Å². The van der Waals surface area contributed by atoms with Crippen molar-refractivity contribution in [1.82, 2.24) is 0 Å². The molecule has 7 rings (SSSR count). The van der Waals surface area contributed by atoms with Crippen LogP contribution in [0.25, 0.3) is 0 Å². The number of benzene rings is 3. The van der Waals surface area contributed by atoms with Crippen LogP contribution in [0.5, 0.6) is 5.75 Å². The Labute approximate surface area is 250 Å². The van der Waals surface area contributed by atoms with Gasteiger partial charge >= 0.3 is 0 Å². The van der Waals surface area contributed by atoms with Crippen LogP contribution in [0.4, 0.5) is 11.4 Å². The van der Waals surface area contributed by atoms with Gasteiger partial charge in [0, 0.05) is 5.92 Å². The molecule has 3 fully saturated rings. The lowest BCUT2D eigenvalue weighted by Crippen LogP contribution is -2.48. The molecule has 218 valence electrons. The second kappa shape index (κ2) is 9.76. The number of amides is 4. The summed E-state index contributed by atoms with van der Waals surface area (Å²) in [4.78, 5) is 59.2. The van der Waals surface area contributed by atoms with E-state index in [1.54, 1.807) is 30.3 Å². The van der Waals surface area contributed by atoms with Gasteiger partial charge in [0.1, 0.15) is 5.75 Å². The zero-order valence-corrected chi connectivity index (χ0v) is 24.5. The number of phenolic OH excluding ortho intramolecular Hbond substituents is 1. The predicted molar refractivity (Wildman–Crippen MR) is 162 cm³/mol. The minimum absolute atomic E-state index is 0.150. The van der Waals surface area contributed by atoms with Crippen LogP contribution in [-0.2, 0) is 25.6 Å². The van der Waals surface area contributed by atoms with Gasteiger partial charge in [-0.3, -0.25) is 24.1 Å². The largest absolute Gasteiger partial charge is 0.508 e. The maximum Gasteiger partial charge on any atom is 0.241 e. The number of aromatic hydroxyl groups is 1. The van der Waals surface area contributed by atoms with Crippen LogP contribution in [-0.4, -0.2) is 28.7 Å². The molecule has 2 aliphatic carbocycles. The third-order valence-corrected chi connectivity index (χ3v) is 10.4. The van der Waals surface area contributed by atoms with E-state index in [-0.39, 0.29) is 35.3 Å². The molecular formula is C36H34N2O5. The first-order chi connectivity index (χ1) is 20.7. The Morgan fingerprint density at radius 2 is 1.53 bits per heavy atom. The van der Waals surface area contributed by atoms with Gasteiger partial charge in [0.2, 0.25) is 23.6 Å². The van der Waals surface area contributed by atoms with E-state index in [1.165, 1.54) is 9.80 Å². The van der Waals surface area contributed by atoms with Crippen LogP contribution in [0, 0.1) is 36.0 Å². The molecule has 2 aliphatic heterocycles. The quantitative estimate of drug-likeness (QED) is 0.319. The lowest BCUT2D eigenvalue weighted by atomic mass is 9.51. The Morgan fingerprint density at radius 3 is 2.21 bits per heavy atom. The smallest absolute Gasteiger partial charge is 0.241 e. The number of hydrogen-bond acceptors (Lipinski definition) is 5. The third-order valence-electron chi connectivity index (χ3n) is 10.4. The summed E-state index contributed by atoms with van der Waals surface area (Å²) in [6.45, 7) is 5.74. The Kier molecular flexibility index (Phi) is 6.20. The van der Waals surface area contributed by atoms with E-state index in [2.05, 4.69) is 13.0 Å². The summed E-state index contributed by atoms with van der Waals surface area (Å²) in [5.41, 5.74) is 3.53. The standard InChI is InChI=1S/C36H34N2O5/c1-4-21-10-13-24(14-11-21)37-32(40)26-16-15-25-27(30(26)34(37)42)19-28-33(41)38(23-8-6-5-7-9-23)35(43)36(28,3)31(25)22-12-17-29(39)20(2)18-22/h5-15,17-18,26-28,30-31,39H,4,16,19H2,1-3H3/t26-,27+,28-,30-,31-,36+/m0/s1. The molecular weight excluding hydrogens is 540 g/mol. The summed E-state index contributed by atoms with van der Waals surface area (Å²) in [5, 5.41) is 10.3. The molecule has 7 nitrogen and oxygen atoms in total. The van der Waals surface area contributed by atoms with E-state index in [9.17, 15) is 24.3 Å². The highest BCUT2D eigenvalue weighted by Gasteiger charge is 2.67. The Bertz CT molecular complexity index is 1710. The van der Waals surface area contributed by atoms with Gasteiger partial charge in [-0.2, -0.15) is 0 Å². The van der Waals surface area contributed by atoms with Gasteiger partial charge in [-0.1, -0.05) is 61.0 Å². The van der Waals surface area contributed by atoms with Crippen molar-refractivity contribution in [3.05, 3.63) is 101 Å². The molecule has 0 spiro atoms. The molecule has 2 saturated heterocycles. The summed E-state index contributed by atoms with van der Waals surface area (Å²) in [7, 11) is 0. The number of anilines is 2. The zero-order chi connectivity index (χ0) is 30.2. The number of hydrogen-bond donors (Lipinski definition) is 1.